The molecule has 94 valence electrons. The Kier molecular flexibility index (Phi) is 3.92. The number of hydrogen-bond donors (Lipinski definition) is 2. The summed E-state index contributed by atoms with van der Waals surface area (Å²) in [4.78, 5) is 0. The van der Waals surface area contributed by atoms with E-state index in [9.17, 15) is 0 Å². The Morgan fingerprint density at radius 2 is 2.35 bits per heavy atom. The zero-order valence-electron chi connectivity index (χ0n) is 10.0. The molecule has 1 aromatic rings. The van der Waals surface area contributed by atoms with E-state index in [-0.39, 0.29) is 5.60 Å². The topological polar surface area (TPSA) is 41.5 Å². The molecule has 17 heavy (non-hydrogen) atoms. The van der Waals surface area contributed by atoms with Crippen LogP contribution in [0.1, 0.15) is 31.7 Å². The van der Waals surface area contributed by atoms with Crippen molar-refractivity contribution < 1.29 is 9.94 Å². The summed E-state index contributed by atoms with van der Waals surface area (Å²) < 4.78 is 6.12. The van der Waals surface area contributed by atoms with Gasteiger partial charge in [-0.05, 0) is 30.9 Å². The van der Waals surface area contributed by atoms with Crippen LogP contribution >= 0.6 is 11.6 Å². The van der Waals surface area contributed by atoms with Gasteiger partial charge in [0.05, 0.1) is 5.02 Å². The van der Waals surface area contributed by atoms with Gasteiger partial charge in [-0.25, -0.2) is 5.48 Å². The van der Waals surface area contributed by atoms with Gasteiger partial charge in [-0.1, -0.05) is 30.7 Å². The predicted octanol–water partition coefficient (Wildman–Crippen LogP) is 3.18. The Morgan fingerprint density at radius 1 is 1.53 bits per heavy atom. The molecular formula is C13H18ClNO2. The van der Waals surface area contributed by atoms with E-state index in [4.69, 9.17) is 21.5 Å². The summed E-state index contributed by atoms with van der Waals surface area (Å²) in [5.74, 6) is 0.820. The summed E-state index contributed by atoms with van der Waals surface area (Å²) in [6, 6.07) is 5.88. The molecule has 0 aromatic heterocycles. The normalized spacial score (nSPS) is 23.0. The van der Waals surface area contributed by atoms with Crippen molar-refractivity contribution in [2.45, 2.75) is 38.2 Å². The third-order valence-electron chi connectivity index (χ3n) is 3.55. The highest BCUT2D eigenvalue weighted by Gasteiger charge is 2.35. The molecule has 0 aliphatic carbocycles. The number of ether oxygens (including phenoxy) is 1. The van der Waals surface area contributed by atoms with Crippen LogP contribution in [0.15, 0.2) is 18.2 Å². The maximum Gasteiger partial charge on any atom is 0.141 e. The van der Waals surface area contributed by atoms with Crippen LogP contribution in [0.3, 0.4) is 0 Å². The quantitative estimate of drug-likeness (QED) is 0.812. The van der Waals surface area contributed by atoms with Gasteiger partial charge in [0.2, 0.25) is 0 Å². The monoisotopic (exact) mass is 255 g/mol. The second-order valence-electron chi connectivity index (χ2n) is 4.52. The van der Waals surface area contributed by atoms with E-state index in [1.54, 1.807) is 0 Å². The lowest BCUT2D eigenvalue weighted by molar-refractivity contribution is 0.0227. The Bertz CT molecular complexity index is 397. The largest absolute Gasteiger partial charge is 0.485 e. The van der Waals surface area contributed by atoms with Crippen LogP contribution < -0.4 is 10.2 Å². The van der Waals surface area contributed by atoms with Gasteiger partial charge in [-0.15, -0.1) is 0 Å². The molecule has 2 rings (SSSR count). The lowest BCUT2D eigenvalue weighted by Crippen LogP contribution is -2.41. The molecule has 0 amide bonds. The van der Waals surface area contributed by atoms with Gasteiger partial charge in [-0.3, -0.25) is 0 Å². The van der Waals surface area contributed by atoms with E-state index < -0.39 is 0 Å². The number of rotatable bonds is 4. The maximum atomic E-state index is 8.73. The zero-order chi connectivity index (χ0) is 12.3. The molecule has 1 aliphatic heterocycles. The lowest BCUT2D eigenvalue weighted by atomic mass is 9.86. The Hall–Kier alpha value is -0.770. The molecule has 0 spiro atoms. The molecule has 2 N–H and O–H groups in total. The lowest BCUT2D eigenvalue weighted by Gasteiger charge is -2.38. The van der Waals surface area contributed by atoms with Crippen molar-refractivity contribution in [1.29, 1.82) is 0 Å². The molecule has 1 heterocycles. The van der Waals surface area contributed by atoms with Crippen LogP contribution in [0.4, 0.5) is 0 Å². The van der Waals surface area contributed by atoms with Gasteiger partial charge in [0.25, 0.3) is 0 Å². The smallest absolute Gasteiger partial charge is 0.141 e. The molecule has 1 atom stereocenters. The molecule has 0 fully saturated rings. The van der Waals surface area contributed by atoms with Crippen molar-refractivity contribution in [2.75, 3.05) is 6.54 Å². The summed E-state index contributed by atoms with van der Waals surface area (Å²) in [6.45, 7) is 2.65. The van der Waals surface area contributed by atoms with Gasteiger partial charge in [0.15, 0.2) is 0 Å². The van der Waals surface area contributed by atoms with Gasteiger partial charge >= 0.3 is 0 Å². The number of hydroxylamine groups is 1. The number of benzene rings is 1. The standard InChI is InChI=1S/C13H18ClNO2/c1-2-13(8-9-15-16)7-6-10-4-3-5-11(14)12(10)17-13/h3-5,15-16H,2,6-9H2,1H3. The van der Waals surface area contributed by atoms with Crippen LogP contribution in [0.2, 0.25) is 5.02 Å². The third kappa shape index (κ3) is 2.57. The van der Waals surface area contributed by atoms with Crippen molar-refractivity contribution in [3.05, 3.63) is 28.8 Å². The number of nitrogens with one attached hydrogen (secondary N) is 1. The van der Waals surface area contributed by atoms with Crippen LogP contribution in [0, 0.1) is 0 Å². The summed E-state index contributed by atoms with van der Waals surface area (Å²) >= 11 is 6.17. The number of hydrogen-bond acceptors (Lipinski definition) is 3. The Labute approximate surface area is 107 Å². The minimum absolute atomic E-state index is 0.201. The van der Waals surface area contributed by atoms with E-state index in [0.717, 1.165) is 31.4 Å². The van der Waals surface area contributed by atoms with Crippen LogP contribution in [-0.2, 0) is 6.42 Å². The molecule has 3 nitrogen and oxygen atoms in total. The number of fused-ring (bicyclic) bond motifs is 1. The molecule has 0 saturated heterocycles. The van der Waals surface area contributed by atoms with Crippen molar-refractivity contribution in [3.63, 3.8) is 0 Å². The fourth-order valence-electron chi connectivity index (χ4n) is 2.38. The minimum atomic E-state index is -0.201. The molecule has 0 saturated carbocycles. The van der Waals surface area contributed by atoms with Crippen molar-refractivity contribution in [1.82, 2.24) is 5.48 Å². The molecule has 0 radical (unpaired) electrons. The second kappa shape index (κ2) is 5.25. The van der Waals surface area contributed by atoms with Crippen molar-refractivity contribution in [2.24, 2.45) is 0 Å². The van der Waals surface area contributed by atoms with Crippen LogP contribution in [0.5, 0.6) is 5.75 Å². The number of halogens is 1. The molecule has 0 bridgehead atoms. The van der Waals surface area contributed by atoms with Gasteiger partial charge < -0.3 is 9.94 Å². The highest BCUT2D eigenvalue weighted by molar-refractivity contribution is 6.32. The first kappa shape index (κ1) is 12.7. The SMILES string of the molecule is CCC1(CCNO)CCc2cccc(Cl)c2O1. The van der Waals surface area contributed by atoms with E-state index in [1.807, 2.05) is 12.1 Å². The van der Waals surface area contributed by atoms with Gasteiger partial charge in [-0.2, -0.15) is 0 Å². The number of aryl methyl sites for hydroxylation is 1. The van der Waals surface area contributed by atoms with E-state index >= 15 is 0 Å². The molecule has 1 aliphatic rings. The highest BCUT2D eigenvalue weighted by Crippen LogP contribution is 2.40. The minimum Gasteiger partial charge on any atom is -0.485 e. The van der Waals surface area contributed by atoms with Gasteiger partial charge in [0, 0.05) is 13.0 Å². The molecule has 1 aromatic carbocycles. The summed E-state index contributed by atoms with van der Waals surface area (Å²) in [5.41, 5.74) is 3.18. The van der Waals surface area contributed by atoms with E-state index in [1.165, 1.54) is 5.56 Å². The molecular weight excluding hydrogens is 238 g/mol. The van der Waals surface area contributed by atoms with Crippen LogP contribution in [0.25, 0.3) is 0 Å². The Morgan fingerprint density at radius 3 is 3.06 bits per heavy atom. The van der Waals surface area contributed by atoms with Crippen LogP contribution in [-0.4, -0.2) is 17.4 Å². The predicted molar refractivity (Wildman–Crippen MR) is 67.8 cm³/mol. The highest BCUT2D eigenvalue weighted by atomic mass is 35.5. The maximum absolute atomic E-state index is 8.73. The first-order valence-corrected chi connectivity index (χ1v) is 6.42. The fraction of sp³-hybridized carbons (Fsp3) is 0.538. The van der Waals surface area contributed by atoms with E-state index in [2.05, 4.69) is 18.5 Å². The average Bonchev–Trinajstić information content (AvgIpc) is 2.37. The molecule has 1 unspecified atom stereocenters. The third-order valence-corrected chi connectivity index (χ3v) is 3.85. The fourth-order valence-corrected chi connectivity index (χ4v) is 2.61. The molecule has 4 heteroatoms. The first-order valence-electron chi connectivity index (χ1n) is 6.04. The zero-order valence-corrected chi connectivity index (χ0v) is 10.8. The van der Waals surface area contributed by atoms with Crippen molar-refractivity contribution in [3.8, 4) is 5.75 Å². The van der Waals surface area contributed by atoms with E-state index in [0.29, 0.717) is 11.6 Å². The summed E-state index contributed by atoms with van der Waals surface area (Å²) in [7, 11) is 0. The summed E-state index contributed by atoms with van der Waals surface area (Å²) in [6.07, 6.45) is 3.65. The average molecular weight is 256 g/mol. The summed E-state index contributed by atoms with van der Waals surface area (Å²) in [5, 5.41) is 9.40. The first-order chi connectivity index (χ1) is 8.21. The number of para-hydroxylation sites is 1. The van der Waals surface area contributed by atoms with Crippen molar-refractivity contribution >= 4 is 11.6 Å². The Balaban J connectivity index is 2.23. The van der Waals surface area contributed by atoms with Gasteiger partial charge in [0.1, 0.15) is 11.4 Å². The second-order valence-corrected chi connectivity index (χ2v) is 4.93.